The van der Waals surface area contributed by atoms with Gasteiger partial charge in [0, 0.05) is 18.3 Å². The number of nitrogens with one attached hydrogen (secondary N) is 1. The van der Waals surface area contributed by atoms with Crippen molar-refractivity contribution in [2.45, 2.75) is 13.2 Å². The van der Waals surface area contributed by atoms with Crippen LogP contribution in [0.1, 0.15) is 16.8 Å². The van der Waals surface area contributed by atoms with Gasteiger partial charge in [0.15, 0.2) is 0 Å². The first kappa shape index (κ1) is 18.9. The predicted octanol–water partition coefficient (Wildman–Crippen LogP) is 3.88. The summed E-state index contributed by atoms with van der Waals surface area (Å²) >= 11 is 0. The zero-order valence-corrected chi connectivity index (χ0v) is 15.2. The second kappa shape index (κ2) is 9.70. The molecule has 0 unspecified atom stereocenters. The van der Waals surface area contributed by atoms with Gasteiger partial charge in [-0.05, 0) is 29.8 Å². The van der Waals surface area contributed by atoms with Gasteiger partial charge in [0.05, 0.1) is 5.69 Å². The van der Waals surface area contributed by atoms with Gasteiger partial charge in [-0.3, -0.25) is 9.78 Å². The van der Waals surface area contributed by atoms with E-state index in [0.717, 1.165) is 11.3 Å². The predicted molar refractivity (Wildman–Crippen MR) is 107 cm³/mol. The van der Waals surface area contributed by atoms with Gasteiger partial charge in [-0.15, -0.1) is 0 Å². The SMILES string of the molecule is N#C/C(=C\c1ccccc1OCc1ccccn1)C(=O)NCc1ccccc1. The molecule has 3 rings (SSSR count). The van der Waals surface area contributed by atoms with E-state index in [2.05, 4.69) is 10.3 Å². The van der Waals surface area contributed by atoms with Gasteiger partial charge in [-0.25, -0.2) is 0 Å². The number of pyridine rings is 1. The summed E-state index contributed by atoms with van der Waals surface area (Å²) in [6.45, 7) is 0.657. The highest BCUT2D eigenvalue weighted by atomic mass is 16.5. The normalized spacial score (nSPS) is 10.8. The first-order chi connectivity index (χ1) is 13.8. The summed E-state index contributed by atoms with van der Waals surface area (Å²) in [4.78, 5) is 16.6. The minimum absolute atomic E-state index is 0.0183. The molecule has 1 aromatic heterocycles. The molecule has 1 amide bonds. The Labute approximate surface area is 163 Å². The van der Waals surface area contributed by atoms with Gasteiger partial charge >= 0.3 is 0 Å². The standard InChI is InChI=1S/C23H19N3O2/c24-15-20(23(27)26-16-18-8-2-1-3-9-18)14-19-10-4-5-12-22(19)28-17-21-11-6-7-13-25-21/h1-14H,16-17H2,(H,26,27)/b20-14+. The molecule has 0 spiro atoms. The van der Waals surface area contributed by atoms with Crippen molar-refractivity contribution in [1.29, 1.82) is 5.26 Å². The topological polar surface area (TPSA) is 75.0 Å². The van der Waals surface area contributed by atoms with Crippen LogP contribution in [0.25, 0.3) is 6.08 Å². The Balaban J connectivity index is 1.71. The first-order valence-corrected chi connectivity index (χ1v) is 8.82. The van der Waals surface area contributed by atoms with Crippen LogP contribution in [-0.2, 0) is 17.9 Å². The number of aromatic nitrogens is 1. The molecule has 0 aliphatic heterocycles. The molecule has 5 nitrogen and oxygen atoms in total. The molecule has 138 valence electrons. The molecule has 0 saturated carbocycles. The van der Waals surface area contributed by atoms with E-state index < -0.39 is 5.91 Å². The lowest BCUT2D eigenvalue weighted by Crippen LogP contribution is -2.23. The Kier molecular flexibility index (Phi) is 6.53. The van der Waals surface area contributed by atoms with Crippen molar-refractivity contribution in [1.82, 2.24) is 10.3 Å². The van der Waals surface area contributed by atoms with Gasteiger partial charge in [-0.2, -0.15) is 5.26 Å². The quantitative estimate of drug-likeness (QED) is 0.506. The van der Waals surface area contributed by atoms with Crippen LogP contribution in [0.5, 0.6) is 5.75 Å². The summed E-state index contributed by atoms with van der Waals surface area (Å²) in [7, 11) is 0. The molecule has 0 radical (unpaired) electrons. The molecule has 1 heterocycles. The van der Waals surface area contributed by atoms with E-state index in [-0.39, 0.29) is 5.57 Å². The molecule has 0 aliphatic carbocycles. The van der Waals surface area contributed by atoms with Crippen LogP contribution in [0.15, 0.2) is 84.6 Å². The number of carbonyl (C=O) groups excluding carboxylic acids is 1. The van der Waals surface area contributed by atoms with Crippen LogP contribution in [0, 0.1) is 11.3 Å². The fourth-order valence-corrected chi connectivity index (χ4v) is 2.54. The molecular weight excluding hydrogens is 350 g/mol. The maximum Gasteiger partial charge on any atom is 0.262 e. The minimum Gasteiger partial charge on any atom is -0.487 e. The van der Waals surface area contributed by atoms with E-state index in [4.69, 9.17) is 4.74 Å². The van der Waals surface area contributed by atoms with Gasteiger partial charge in [0.25, 0.3) is 5.91 Å². The lowest BCUT2D eigenvalue weighted by atomic mass is 10.1. The molecule has 0 saturated heterocycles. The second-order valence-electron chi connectivity index (χ2n) is 5.99. The van der Waals surface area contributed by atoms with Gasteiger partial charge in [0.1, 0.15) is 24.0 Å². The molecule has 0 fully saturated rings. The average molecular weight is 369 g/mol. The minimum atomic E-state index is -0.425. The van der Waals surface area contributed by atoms with Crippen LogP contribution < -0.4 is 10.1 Å². The first-order valence-electron chi connectivity index (χ1n) is 8.82. The van der Waals surface area contributed by atoms with E-state index in [1.165, 1.54) is 6.08 Å². The van der Waals surface area contributed by atoms with Crippen molar-refractivity contribution in [2.24, 2.45) is 0 Å². The molecule has 3 aromatic rings. The highest BCUT2D eigenvalue weighted by Gasteiger charge is 2.11. The zero-order chi connectivity index (χ0) is 19.6. The number of ether oxygens (including phenoxy) is 1. The average Bonchev–Trinajstić information content (AvgIpc) is 2.76. The fourth-order valence-electron chi connectivity index (χ4n) is 2.54. The van der Waals surface area contributed by atoms with Crippen LogP contribution in [0.4, 0.5) is 0 Å². The largest absolute Gasteiger partial charge is 0.487 e. The van der Waals surface area contributed by atoms with Crippen molar-refractivity contribution in [3.05, 3.63) is 101 Å². The lowest BCUT2D eigenvalue weighted by Gasteiger charge is -2.09. The van der Waals surface area contributed by atoms with E-state index >= 15 is 0 Å². The van der Waals surface area contributed by atoms with Crippen molar-refractivity contribution < 1.29 is 9.53 Å². The molecule has 0 aliphatic rings. The van der Waals surface area contributed by atoms with Crippen LogP contribution in [0.3, 0.4) is 0 Å². The van der Waals surface area contributed by atoms with Gasteiger partial charge in [0.2, 0.25) is 0 Å². The van der Waals surface area contributed by atoms with Crippen molar-refractivity contribution >= 4 is 12.0 Å². The van der Waals surface area contributed by atoms with E-state index in [1.54, 1.807) is 18.3 Å². The summed E-state index contributed by atoms with van der Waals surface area (Å²) in [5.41, 5.74) is 2.43. The molecule has 0 bridgehead atoms. The Hall–Kier alpha value is -3.91. The highest BCUT2D eigenvalue weighted by molar-refractivity contribution is 6.01. The highest BCUT2D eigenvalue weighted by Crippen LogP contribution is 2.22. The number of para-hydroxylation sites is 1. The molecule has 28 heavy (non-hydrogen) atoms. The Morgan fingerprint density at radius 2 is 1.79 bits per heavy atom. The number of carbonyl (C=O) groups is 1. The fraction of sp³-hybridized carbons (Fsp3) is 0.0870. The number of nitrogens with zero attached hydrogens (tertiary/aromatic N) is 2. The molecule has 0 atom stereocenters. The smallest absolute Gasteiger partial charge is 0.262 e. The van der Waals surface area contributed by atoms with Crippen LogP contribution >= 0.6 is 0 Å². The Morgan fingerprint density at radius 1 is 1.04 bits per heavy atom. The van der Waals surface area contributed by atoms with Crippen molar-refractivity contribution in [2.75, 3.05) is 0 Å². The van der Waals surface area contributed by atoms with E-state index in [9.17, 15) is 10.1 Å². The van der Waals surface area contributed by atoms with Crippen molar-refractivity contribution in [3.63, 3.8) is 0 Å². The summed E-state index contributed by atoms with van der Waals surface area (Å²) in [5, 5.41) is 12.2. The molecule has 2 aromatic carbocycles. The molecular formula is C23H19N3O2. The summed E-state index contributed by atoms with van der Waals surface area (Å²) in [6, 6.07) is 24.4. The number of rotatable bonds is 7. The number of hydrogen-bond donors (Lipinski definition) is 1. The summed E-state index contributed by atoms with van der Waals surface area (Å²) < 4.78 is 5.83. The third-order valence-corrected chi connectivity index (χ3v) is 3.98. The lowest BCUT2D eigenvalue weighted by molar-refractivity contribution is -0.117. The van der Waals surface area contributed by atoms with Gasteiger partial charge in [-0.1, -0.05) is 54.6 Å². The van der Waals surface area contributed by atoms with E-state index in [1.807, 2.05) is 66.7 Å². The molecule has 1 N–H and O–H groups in total. The zero-order valence-electron chi connectivity index (χ0n) is 15.2. The number of benzene rings is 2. The second-order valence-corrected chi connectivity index (χ2v) is 5.99. The van der Waals surface area contributed by atoms with Crippen LogP contribution in [0.2, 0.25) is 0 Å². The maximum atomic E-state index is 12.4. The summed E-state index contributed by atoms with van der Waals surface area (Å²) in [5.74, 6) is 0.155. The maximum absolute atomic E-state index is 12.4. The van der Waals surface area contributed by atoms with Gasteiger partial charge < -0.3 is 10.1 Å². The number of amides is 1. The van der Waals surface area contributed by atoms with Crippen LogP contribution in [-0.4, -0.2) is 10.9 Å². The monoisotopic (exact) mass is 369 g/mol. The number of hydrogen-bond acceptors (Lipinski definition) is 4. The summed E-state index contributed by atoms with van der Waals surface area (Å²) in [6.07, 6.45) is 3.24. The Morgan fingerprint density at radius 3 is 2.54 bits per heavy atom. The molecule has 5 heteroatoms. The third-order valence-electron chi connectivity index (χ3n) is 3.98. The third kappa shape index (κ3) is 5.29. The van der Waals surface area contributed by atoms with Crippen molar-refractivity contribution in [3.8, 4) is 11.8 Å². The van der Waals surface area contributed by atoms with E-state index in [0.29, 0.717) is 24.5 Å². The Bertz CT molecular complexity index is 993. The number of nitriles is 1.